The summed E-state index contributed by atoms with van der Waals surface area (Å²) in [7, 11) is 2.95. The maximum absolute atomic E-state index is 11.7. The summed E-state index contributed by atoms with van der Waals surface area (Å²) in [6, 6.07) is 3.02. The highest BCUT2D eigenvalue weighted by atomic mass is 16.7. The number of benzene rings is 1. The number of ether oxygens (including phenoxy) is 2. The van der Waals surface area contributed by atoms with Gasteiger partial charge in [-0.25, -0.2) is 10.3 Å². The lowest BCUT2D eigenvalue weighted by Gasteiger charge is -2.12. The fourth-order valence-corrected chi connectivity index (χ4v) is 1.44. The van der Waals surface area contributed by atoms with Crippen LogP contribution in [0, 0.1) is 6.92 Å². The Labute approximate surface area is 110 Å². The number of nitrogens with one attached hydrogen (secondary N) is 1. The summed E-state index contributed by atoms with van der Waals surface area (Å²) in [5.41, 5.74) is 3.02. The van der Waals surface area contributed by atoms with Gasteiger partial charge in [-0.1, -0.05) is 0 Å². The molecule has 0 saturated heterocycles. The van der Waals surface area contributed by atoms with Gasteiger partial charge in [-0.15, -0.1) is 0 Å². The fraction of sp³-hybridized carbons (Fsp3) is 0.333. The fourth-order valence-electron chi connectivity index (χ4n) is 1.44. The van der Waals surface area contributed by atoms with Crippen LogP contribution in [0.3, 0.4) is 0 Å². The number of methoxy groups -OCH3 is 2. The van der Waals surface area contributed by atoms with Gasteiger partial charge in [0.15, 0.2) is 6.61 Å². The minimum Gasteiger partial charge on any atom is -0.496 e. The van der Waals surface area contributed by atoms with Crippen molar-refractivity contribution in [2.75, 3.05) is 20.8 Å². The summed E-state index contributed by atoms with van der Waals surface area (Å²) >= 11 is 0. The molecule has 1 rings (SSSR count). The van der Waals surface area contributed by atoms with Crippen molar-refractivity contribution in [3.05, 3.63) is 23.3 Å². The third-order valence-corrected chi connectivity index (χ3v) is 2.37. The Bertz CT molecular complexity index is 460. The second-order valence-corrected chi connectivity index (χ2v) is 3.62. The Balaban J connectivity index is 2.87. The normalized spacial score (nSPS) is 9.84. The van der Waals surface area contributed by atoms with Crippen molar-refractivity contribution in [3.8, 4) is 11.5 Å². The second-order valence-electron chi connectivity index (χ2n) is 3.62. The zero-order valence-corrected chi connectivity index (χ0v) is 10.9. The van der Waals surface area contributed by atoms with E-state index >= 15 is 0 Å². The molecule has 7 heteroatoms. The molecule has 0 radical (unpaired) electrons. The van der Waals surface area contributed by atoms with Gasteiger partial charge in [-0.2, -0.15) is 0 Å². The van der Waals surface area contributed by atoms with E-state index in [1.165, 1.54) is 26.4 Å². The van der Waals surface area contributed by atoms with Crippen LogP contribution in [0.5, 0.6) is 11.5 Å². The number of amides is 1. The number of aliphatic carboxylic acids is 1. The average molecular weight is 269 g/mol. The van der Waals surface area contributed by atoms with Crippen molar-refractivity contribution in [2.24, 2.45) is 0 Å². The largest absolute Gasteiger partial charge is 0.496 e. The van der Waals surface area contributed by atoms with Gasteiger partial charge in [0.05, 0.1) is 14.2 Å². The Hall–Kier alpha value is -2.28. The molecular weight excluding hydrogens is 254 g/mol. The third kappa shape index (κ3) is 3.85. The van der Waals surface area contributed by atoms with Crippen molar-refractivity contribution in [3.63, 3.8) is 0 Å². The minimum atomic E-state index is -1.18. The van der Waals surface area contributed by atoms with Gasteiger partial charge in [0, 0.05) is 11.1 Å². The van der Waals surface area contributed by atoms with Gasteiger partial charge in [-0.3, -0.25) is 9.63 Å². The molecule has 0 aliphatic heterocycles. The lowest BCUT2D eigenvalue weighted by molar-refractivity contribution is -0.144. The van der Waals surface area contributed by atoms with Crippen LogP contribution in [0.2, 0.25) is 0 Å². The average Bonchev–Trinajstić information content (AvgIpc) is 2.38. The first kappa shape index (κ1) is 14.8. The van der Waals surface area contributed by atoms with Gasteiger partial charge in [-0.05, 0) is 19.1 Å². The van der Waals surface area contributed by atoms with Crippen molar-refractivity contribution >= 4 is 11.9 Å². The van der Waals surface area contributed by atoms with Crippen LogP contribution in [0.15, 0.2) is 12.1 Å². The summed E-state index contributed by atoms with van der Waals surface area (Å²) in [4.78, 5) is 26.5. The van der Waals surface area contributed by atoms with Crippen LogP contribution in [-0.4, -0.2) is 37.8 Å². The number of hydroxylamine groups is 1. The first-order chi connectivity index (χ1) is 8.99. The van der Waals surface area contributed by atoms with E-state index in [1.54, 1.807) is 6.92 Å². The van der Waals surface area contributed by atoms with Crippen LogP contribution in [-0.2, 0) is 9.63 Å². The topological polar surface area (TPSA) is 94.1 Å². The SMILES string of the molecule is COc1cc(C(=O)NOCC(=O)O)cc(OC)c1C. The highest BCUT2D eigenvalue weighted by Gasteiger charge is 2.14. The van der Waals surface area contributed by atoms with Crippen molar-refractivity contribution in [1.29, 1.82) is 0 Å². The van der Waals surface area contributed by atoms with E-state index < -0.39 is 18.5 Å². The molecule has 0 bridgehead atoms. The highest BCUT2D eigenvalue weighted by molar-refractivity contribution is 5.94. The molecule has 0 unspecified atom stereocenters. The molecule has 104 valence electrons. The summed E-state index contributed by atoms with van der Waals surface area (Å²) in [5, 5.41) is 8.38. The smallest absolute Gasteiger partial charge is 0.332 e. The number of carboxylic acids is 1. The van der Waals surface area contributed by atoms with Crippen molar-refractivity contribution < 1.29 is 29.0 Å². The predicted octanol–water partition coefficient (Wildman–Crippen LogP) is 0.758. The number of carboxylic acid groups (broad SMARTS) is 1. The van der Waals surface area contributed by atoms with Gasteiger partial charge in [0.2, 0.25) is 0 Å². The van der Waals surface area contributed by atoms with Crippen LogP contribution >= 0.6 is 0 Å². The van der Waals surface area contributed by atoms with Crippen molar-refractivity contribution in [2.45, 2.75) is 6.92 Å². The van der Waals surface area contributed by atoms with Crippen LogP contribution in [0.1, 0.15) is 15.9 Å². The van der Waals surface area contributed by atoms with E-state index in [-0.39, 0.29) is 5.56 Å². The molecule has 0 atom stereocenters. The van der Waals surface area contributed by atoms with Gasteiger partial charge in [0.25, 0.3) is 5.91 Å². The van der Waals surface area contributed by atoms with E-state index in [9.17, 15) is 9.59 Å². The molecule has 7 nitrogen and oxygen atoms in total. The molecule has 0 aliphatic carbocycles. The molecule has 19 heavy (non-hydrogen) atoms. The van der Waals surface area contributed by atoms with Gasteiger partial charge >= 0.3 is 5.97 Å². The second kappa shape index (κ2) is 6.60. The minimum absolute atomic E-state index is 0.240. The monoisotopic (exact) mass is 269 g/mol. The molecule has 1 amide bonds. The third-order valence-electron chi connectivity index (χ3n) is 2.37. The lowest BCUT2D eigenvalue weighted by Crippen LogP contribution is -2.26. The van der Waals surface area contributed by atoms with Gasteiger partial charge < -0.3 is 14.6 Å². The van der Waals surface area contributed by atoms with E-state index in [4.69, 9.17) is 14.6 Å². The lowest BCUT2D eigenvalue weighted by atomic mass is 10.1. The zero-order chi connectivity index (χ0) is 14.4. The first-order valence-electron chi connectivity index (χ1n) is 5.36. The van der Waals surface area contributed by atoms with Crippen LogP contribution < -0.4 is 15.0 Å². The quantitative estimate of drug-likeness (QED) is 0.740. The molecule has 0 aromatic heterocycles. The summed E-state index contributed by atoms with van der Waals surface area (Å²) in [6.45, 7) is 1.17. The maximum atomic E-state index is 11.7. The number of hydrogen-bond acceptors (Lipinski definition) is 5. The molecular formula is C12H15NO6. The number of rotatable bonds is 6. The molecule has 0 aliphatic rings. The Kier molecular flexibility index (Phi) is 5.13. The summed E-state index contributed by atoms with van der Waals surface area (Å²) in [6.07, 6.45) is 0. The number of carbonyl (C=O) groups excluding carboxylic acids is 1. The number of carbonyl (C=O) groups is 2. The molecule has 2 N–H and O–H groups in total. The molecule has 0 saturated carbocycles. The maximum Gasteiger partial charge on any atom is 0.332 e. The van der Waals surface area contributed by atoms with E-state index in [0.29, 0.717) is 11.5 Å². The molecule has 1 aromatic rings. The molecule has 0 fully saturated rings. The predicted molar refractivity (Wildman–Crippen MR) is 65.3 cm³/mol. The number of hydrogen-bond donors (Lipinski definition) is 2. The van der Waals surface area contributed by atoms with E-state index in [0.717, 1.165) is 5.56 Å². The molecule has 0 spiro atoms. The Morgan fingerprint density at radius 3 is 2.16 bits per heavy atom. The summed E-state index contributed by atoms with van der Waals surface area (Å²) in [5.74, 6) is -0.789. The van der Waals surface area contributed by atoms with E-state index in [1.807, 2.05) is 5.48 Å². The van der Waals surface area contributed by atoms with E-state index in [2.05, 4.69) is 4.84 Å². The highest BCUT2D eigenvalue weighted by Crippen LogP contribution is 2.29. The molecule has 0 heterocycles. The zero-order valence-electron chi connectivity index (χ0n) is 10.9. The first-order valence-corrected chi connectivity index (χ1v) is 5.36. The van der Waals surface area contributed by atoms with Crippen LogP contribution in [0.25, 0.3) is 0 Å². The van der Waals surface area contributed by atoms with Crippen LogP contribution in [0.4, 0.5) is 0 Å². The van der Waals surface area contributed by atoms with Gasteiger partial charge in [0.1, 0.15) is 11.5 Å². The Morgan fingerprint density at radius 2 is 1.74 bits per heavy atom. The molecule has 1 aromatic carbocycles. The Morgan fingerprint density at radius 1 is 1.21 bits per heavy atom. The standard InChI is InChI=1S/C12H15NO6/c1-7-9(17-2)4-8(5-10(7)18-3)12(16)13-19-6-11(14)15/h4-5H,6H2,1-3H3,(H,13,16)(H,14,15). The summed E-state index contributed by atoms with van der Waals surface area (Å²) < 4.78 is 10.3. The van der Waals surface area contributed by atoms with Crippen molar-refractivity contribution in [1.82, 2.24) is 5.48 Å².